The van der Waals surface area contributed by atoms with E-state index in [1.807, 2.05) is 0 Å². The fourth-order valence-corrected chi connectivity index (χ4v) is 5.04. The van der Waals surface area contributed by atoms with Gasteiger partial charge in [-0.25, -0.2) is 0 Å². The van der Waals surface area contributed by atoms with Gasteiger partial charge in [0.1, 0.15) is 0 Å². The first-order chi connectivity index (χ1) is 22.7. The summed E-state index contributed by atoms with van der Waals surface area (Å²) in [4.78, 5) is 12.2. The lowest BCUT2D eigenvalue weighted by Gasteiger charge is -2.22. The topological polar surface area (TPSA) is 69.6 Å². The van der Waals surface area contributed by atoms with Gasteiger partial charge in [0.2, 0.25) is 5.91 Å². The number of carbonyl (C=O) groups excluding carboxylic acids is 1. The predicted molar refractivity (Wildman–Crippen MR) is 202 cm³/mol. The number of amides is 1. The van der Waals surface area contributed by atoms with Gasteiger partial charge in [-0.3, -0.25) is 4.79 Å². The molecule has 0 saturated heterocycles. The van der Waals surface area contributed by atoms with Crippen molar-refractivity contribution in [3.05, 3.63) is 85.1 Å². The molecule has 46 heavy (non-hydrogen) atoms. The molecule has 0 spiro atoms. The van der Waals surface area contributed by atoms with E-state index in [1.54, 1.807) is 0 Å². The van der Waals surface area contributed by atoms with Crippen LogP contribution in [0.3, 0.4) is 0 Å². The van der Waals surface area contributed by atoms with Gasteiger partial charge in [0.15, 0.2) is 0 Å². The Bertz CT molecular complexity index is 864. The molecule has 1 amide bonds. The SMILES string of the molecule is CC/C=C\C/C=C\C/C=C\C/C=C\C/C=C\C/C=C\C/C=C\CCCCCCCCCC(=O)NC(CO)C(O)CCCCCCC. The van der Waals surface area contributed by atoms with Crippen LogP contribution in [-0.2, 0) is 4.79 Å². The first kappa shape index (κ1) is 43.6. The zero-order valence-electron chi connectivity index (χ0n) is 29.8. The number of hydrogen-bond donors (Lipinski definition) is 3. The van der Waals surface area contributed by atoms with Gasteiger partial charge in [-0.2, -0.15) is 0 Å². The molecule has 4 nitrogen and oxygen atoms in total. The first-order valence-electron chi connectivity index (χ1n) is 18.8. The molecule has 0 aromatic carbocycles. The van der Waals surface area contributed by atoms with Crippen LogP contribution in [0.15, 0.2) is 85.1 Å². The second-order valence-corrected chi connectivity index (χ2v) is 12.3. The second kappa shape index (κ2) is 37.0. The van der Waals surface area contributed by atoms with Crippen molar-refractivity contribution in [2.75, 3.05) is 6.61 Å². The Balaban J connectivity index is 3.60. The number of aliphatic hydroxyl groups is 2. The number of hydrogen-bond acceptors (Lipinski definition) is 3. The standard InChI is InChI=1S/C42H71NO3/c1-3-5-7-9-10-11-12-13-14-15-16-17-18-19-20-21-22-23-24-25-26-27-28-29-30-31-32-34-36-38-42(46)43-40(39-44)41(45)37-35-33-8-6-4-2/h5,7,10-11,13-14,16-17,19-20,22-23,25-26,40-41,44-45H,3-4,6,8-9,12,15,18,21,24,27-39H2,1-2H3,(H,43,46)/b7-5-,11-10-,14-13-,17-16-,20-19-,23-22-,26-25-. The summed E-state index contributed by atoms with van der Waals surface area (Å²) < 4.78 is 0. The molecular formula is C42H71NO3. The Morgan fingerprint density at radius 3 is 1.43 bits per heavy atom. The minimum absolute atomic E-state index is 0.0557. The predicted octanol–water partition coefficient (Wildman–Crippen LogP) is 11.3. The largest absolute Gasteiger partial charge is 0.394 e. The quantitative estimate of drug-likeness (QED) is 0.0508. The Hall–Kier alpha value is -2.43. The Kier molecular flexibility index (Phi) is 35.1. The molecule has 0 aromatic heterocycles. The van der Waals surface area contributed by atoms with Gasteiger partial charge in [-0.05, 0) is 70.6 Å². The second-order valence-electron chi connectivity index (χ2n) is 12.3. The van der Waals surface area contributed by atoms with E-state index < -0.39 is 12.1 Å². The summed E-state index contributed by atoms with van der Waals surface area (Å²) >= 11 is 0. The van der Waals surface area contributed by atoms with Crippen LogP contribution in [0.4, 0.5) is 0 Å². The molecule has 0 aliphatic carbocycles. The fourth-order valence-electron chi connectivity index (χ4n) is 5.04. The van der Waals surface area contributed by atoms with Crippen LogP contribution in [-0.4, -0.2) is 34.9 Å². The van der Waals surface area contributed by atoms with Gasteiger partial charge >= 0.3 is 0 Å². The zero-order valence-corrected chi connectivity index (χ0v) is 29.8. The lowest BCUT2D eigenvalue weighted by molar-refractivity contribution is -0.123. The summed E-state index contributed by atoms with van der Waals surface area (Å²) in [6.07, 6.45) is 53.8. The fraction of sp³-hybridized carbons (Fsp3) is 0.643. The Labute approximate surface area is 284 Å². The molecule has 0 fully saturated rings. The number of carbonyl (C=O) groups is 1. The molecule has 0 aliphatic heterocycles. The van der Waals surface area contributed by atoms with Gasteiger partial charge in [-0.1, -0.05) is 163 Å². The third-order valence-corrected chi connectivity index (χ3v) is 7.92. The number of unbranched alkanes of at least 4 members (excludes halogenated alkanes) is 11. The van der Waals surface area contributed by atoms with Gasteiger partial charge in [0.25, 0.3) is 0 Å². The normalized spacial score (nSPS) is 14.1. The molecule has 0 aromatic rings. The molecule has 3 N–H and O–H groups in total. The van der Waals surface area contributed by atoms with Gasteiger partial charge in [0, 0.05) is 6.42 Å². The summed E-state index contributed by atoms with van der Waals surface area (Å²) in [7, 11) is 0. The van der Waals surface area contributed by atoms with Crippen LogP contribution in [0, 0.1) is 0 Å². The molecule has 2 unspecified atom stereocenters. The summed E-state index contributed by atoms with van der Waals surface area (Å²) in [5.41, 5.74) is 0. The number of aliphatic hydroxyl groups excluding tert-OH is 2. The molecule has 262 valence electrons. The molecule has 4 heteroatoms. The third kappa shape index (κ3) is 32.9. The van der Waals surface area contributed by atoms with Crippen LogP contribution in [0.5, 0.6) is 0 Å². The van der Waals surface area contributed by atoms with Crippen molar-refractivity contribution in [2.45, 2.75) is 167 Å². The summed E-state index contributed by atoms with van der Waals surface area (Å²) in [5, 5.41) is 22.7. The molecule has 0 aliphatic rings. The van der Waals surface area contributed by atoms with Crippen molar-refractivity contribution in [3.63, 3.8) is 0 Å². The average Bonchev–Trinajstić information content (AvgIpc) is 3.06. The maximum absolute atomic E-state index is 12.2. The van der Waals surface area contributed by atoms with Crippen LogP contribution >= 0.6 is 0 Å². The molecule has 0 radical (unpaired) electrons. The number of nitrogens with one attached hydrogen (secondary N) is 1. The Morgan fingerprint density at radius 1 is 0.543 bits per heavy atom. The van der Waals surface area contributed by atoms with E-state index in [1.165, 1.54) is 44.9 Å². The van der Waals surface area contributed by atoms with Gasteiger partial charge < -0.3 is 15.5 Å². The number of allylic oxidation sites excluding steroid dienone is 14. The lowest BCUT2D eigenvalue weighted by atomic mass is 10.0. The summed E-state index contributed by atoms with van der Waals surface area (Å²) in [6.45, 7) is 4.14. The van der Waals surface area contributed by atoms with E-state index >= 15 is 0 Å². The van der Waals surface area contributed by atoms with E-state index in [2.05, 4.69) is 104 Å². The van der Waals surface area contributed by atoms with Crippen molar-refractivity contribution < 1.29 is 15.0 Å². The van der Waals surface area contributed by atoms with Crippen LogP contribution in [0.1, 0.15) is 155 Å². The van der Waals surface area contributed by atoms with Crippen LogP contribution in [0.25, 0.3) is 0 Å². The van der Waals surface area contributed by atoms with Gasteiger partial charge in [-0.15, -0.1) is 0 Å². The van der Waals surface area contributed by atoms with Gasteiger partial charge in [0.05, 0.1) is 18.8 Å². The average molecular weight is 638 g/mol. The zero-order chi connectivity index (χ0) is 33.6. The molecule has 0 heterocycles. The molecular weight excluding hydrogens is 566 g/mol. The molecule has 0 bridgehead atoms. The van der Waals surface area contributed by atoms with Crippen molar-refractivity contribution >= 4 is 5.91 Å². The van der Waals surface area contributed by atoms with Crippen molar-refractivity contribution in [2.24, 2.45) is 0 Å². The minimum atomic E-state index is -0.665. The molecule has 2 atom stereocenters. The number of rotatable bonds is 32. The maximum Gasteiger partial charge on any atom is 0.220 e. The molecule has 0 saturated carbocycles. The maximum atomic E-state index is 12.2. The smallest absolute Gasteiger partial charge is 0.220 e. The first-order valence-corrected chi connectivity index (χ1v) is 18.8. The highest BCUT2D eigenvalue weighted by Crippen LogP contribution is 2.12. The summed E-state index contributed by atoms with van der Waals surface area (Å²) in [6, 6.07) is -0.543. The monoisotopic (exact) mass is 638 g/mol. The minimum Gasteiger partial charge on any atom is -0.394 e. The Morgan fingerprint density at radius 2 is 0.957 bits per heavy atom. The van der Waals surface area contributed by atoms with E-state index in [0.717, 1.165) is 83.5 Å². The van der Waals surface area contributed by atoms with E-state index in [9.17, 15) is 15.0 Å². The van der Waals surface area contributed by atoms with Crippen molar-refractivity contribution in [3.8, 4) is 0 Å². The highest BCUT2D eigenvalue weighted by Gasteiger charge is 2.19. The lowest BCUT2D eigenvalue weighted by Crippen LogP contribution is -2.45. The highest BCUT2D eigenvalue weighted by atomic mass is 16.3. The summed E-state index contributed by atoms with van der Waals surface area (Å²) in [5.74, 6) is -0.0557. The van der Waals surface area contributed by atoms with E-state index in [4.69, 9.17) is 0 Å². The third-order valence-electron chi connectivity index (χ3n) is 7.92. The van der Waals surface area contributed by atoms with Crippen LogP contribution < -0.4 is 5.32 Å². The van der Waals surface area contributed by atoms with E-state index in [0.29, 0.717) is 12.8 Å². The van der Waals surface area contributed by atoms with E-state index in [-0.39, 0.29) is 12.5 Å². The van der Waals surface area contributed by atoms with Crippen LogP contribution in [0.2, 0.25) is 0 Å². The highest BCUT2D eigenvalue weighted by molar-refractivity contribution is 5.76. The van der Waals surface area contributed by atoms with Crippen molar-refractivity contribution in [1.82, 2.24) is 5.32 Å². The molecule has 0 rings (SSSR count). The van der Waals surface area contributed by atoms with Crippen molar-refractivity contribution in [1.29, 1.82) is 0 Å².